The van der Waals surface area contributed by atoms with Gasteiger partial charge in [-0.15, -0.1) is 21.5 Å². The molecule has 3 heterocycles. The first kappa shape index (κ1) is 19.1. The van der Waals surface area contributed by atoms with Crippen LogP contribution >= 0.6 is 23.1 Å². The molecule has 0 spiro atoms. The number of methoxy groups -OCH3 is 1. The second-order valence-electron chi connectivity index (χ2n) is 7.84. The minimum Gasteiger partial charge on any atom is -0.468 e. The van der Waals surface area contributed by atoms with Crippen LogP contribution in [0.2, 0.25) is 0 Å². The molecule has 0 atom stereocenters. The van der Waals surface area contributed by atoms with Gasteiger partial charge in [-0.1, -0.05) is 31.0 Å². The van der Waals surface area contributed by atoms with E-state index < -0.39 is 0 Å². The smallest absolute Gasteiger partial charge is 0.316 e. The highest BCUT2D eigenvalue weighted by Crippen LogP contribution is 2.39. The lowest BCUT2D eigenvalue weighted by atomic mass is 9.94. The number of ether oxygens (including phenoxy) is 1. The molecule has 0 saturated heterocycles. The lowest BCUT2D eigenvalue weighted by molar-refractivity contribution is -0.137. The largest absolute Gasteiger partial charge is 0.468 e. The summed E-state index contributed by atoms with van der Waals surface area (Å²) in [6, 6.07) is 0.345. The molecule has 1 fully saturated rings. The van der Waals surface area contributed by atoms with Crippen molar-refractivity contribution in [3.63, 3.8) is 0 Å². The van der Waals surface area contributed by atoms with Crippen molar-refractivity contribution in [2.75, 3.05) is 12.9 Å². The molecule has 7 nitrogen and oxygen atoms in total. The standard InChI is InChI=1S/C20H24N4O3S2/c1-27-15(25)11-28-20-22-21-19-23(12-7-3-2-4-8-12)18-16(17(26)24(19)20)13-9-5-6-10-14(13)29-18/h12H,2-11H2,1H3. The number of carbonyl (C=O) groups excluding carboxylic acids is 1. The molecule has 0 unspecified atom stereocenters. The van der Waals surface area contributed by atoms with Crippen molar-refractivity contribution in [1.82, 2.24) is 19.2 Å². The van der Waals surface area contributed by atoms with Crippen LogP contribution in [0.5, 0.6) is 0 Å². The van der Waals surface area contributed by atoms with Crippen LogP contribution in [-0.2, 0) is 22.4 Å². The summed E-state index contributed by atoms with van der Waals surface area (Å²) in [7, 11) is 1.36. The molecular formula is C20H24N4O3S2. The molecule has 0 aliphatic heterocycles. The molecule has 1 saturated carbocycles. The third kappa shape index (κ3) is 3.18. The van der Waals surface area contributed by atoms with Crippen molar-refractivity contribution in [3.05, 3.63) is 20.8 Å². The molecular weight excluding hydrogens is 408 g/mol. The molecule has 0 aromatic carbocycles. The molecule has 0 amide bonds. The monoisotopic (exact) mass is 432 g/mol. The Morgan fingerprint density at radius 3 is 2.76 bits per heavy atom. The molecule has 5 rings (SSSR count). The first-order valence-corrected chi connectivity index (χ1v) is 12.1. The van der Waals surface area contributed by atoms with E-state index in [2.05, 4.69) is 14.8 Å². The fourth-order valence-electron chi connectivity index (χ4n) is 4.68. The maximum Gasteiger partial charge on any atom is 0.316 e. The van der Waals surface area contributed by atoms with Crippen molar-refractivity contribution in [2.45, 2.75) is 69.0 Å². The van der Waals surface area contributed by atoms with Gasteiger partial charge in [0.05, 0.1) is 18.2 Å². The van der Waals surface area contributed by atoms with Crippen LogP contribution in [0.4, 0.5) is 0 Å². The van der Waals surface area contributed by atoms with Crippen LogP contribution in [-0.4, -0.2) is 38.0 Å². The van der Waals surface area contributed by atoms with Gasteiger partial charge in [-0.3, -0.25) is 14.2 Å². The summed E-state index contributed by atoms with van der Waals surface area (Å²) in [6.45, 7) is 0. The molecule has 154 valence electrons. The van der Waals surface area contributed by atoms with Crippen LogP contribution in [0, 0.1) is 0 Å². The van der Waals surface area contributed by atoms with Gasteiger partial charge in [-0.25, -0.2) is 4.40 Å². The molecule has 2 aliphatic rings. The molecule has 29 heavy (non-hydrogen) atoms. The van der Waals surface area contributed by atoms with Crippen molar-refractivity contribution in [1.29, 1.82) is 0 Å². The van der Waals surface area contributed by atoms with E-state index in [9.17, 15) is 9.59 Å². The van der Waals surface area contributed by atoms with E-state index in [1.54, 1.807) is 15.7 Å². The lowest BCUT2D eigenvalue weighted by Crippen LogP contribution is -2.23. The topological polar surface area (TPSA) is 78.5 Å². The molecule has 0 radical (unpaired) electrons. The molecule has 0 bridgehead atoms. The van der Waals surface area contributed by atoms with E-state index in [4.69, 9.17) is 4.74 Å². The van der Waals surface area contributed by atoms with Crippen LogP contribution in [0.25, 0.3) is 16.0 Å². The number of aryl methyl sites for hydroxylation is 2. The second-order valence-corrected chi connectivity index (χ2v) is 9.87. The Labute approximate surface area is 176 Å². The van der Waals surface area contributed by atoms with Gasteiger partial charge in [-0.2, -0.15) is 0 Å². The lowest BCUT2D eigenvalue weighted by Gasteiger charge is -2.25. The van der Waals surface area contributed by atoms with Gasteiger partial charge in [0, 0.05) is 10.9 Å². The number of thioether (sulfide) groups is 1. The zero-order valence-corrected chi connectivity index (χ0v) is 18.1. The summed E-state index contributed by atoms with van der Waals surface area (Å²) < 4.78 is 8.66. The van der Waals surface area contributed by atoms with E-state index >= 15 is 0 Å². The molecule has 3 aromatic heterocycles. The summed E-state index contributed by atoms with van der Waals surface area (Å²) in [5, 5.41) is 10.0. The first-order chi connectivity index (χ1) is 14.2. The number of carbonyl (C=O) groups is 1. The maximum atomic E-state index is 13.6. The Kier molecular flexibility index (Phi) is 5.11. The van der Waals surface area contributed by atoms with Gasteiger partial charge in [0.25, 0.3) is 5.56 Å². The highest BCUT2D eigenvalue weighted by molar-refractivity contribution is 7.99. The average molecular weight is 433 g/mol. The van der Waals surface area contributed by atoms with Gasteiger partial charge >= 0.3 is 5.97 Å². The number of esters is 1. The molecule has 2 aliphatic carbocycles. The highest BCUT2D eigenvalue weighted by atomic mass is 32.2. The summed E-state index contributed by atoms with van der Waals surface area (Å²) >= 11 is 2.99. The van der Waals surface area contributed by atoms with Crippen LogP contribution in [0.1, 0.15) is 61.4 Å². The van der Waals surface area contributed by atoms with Gasteiger partial charge in [0.15, 0.2) is 5.16 Å². The molecule has 0 N–H and O–H groups in total. The number of aromatic nitrogens is 4. The normalized spacial score (nSPS) is 17.7. The molecule has 3 aromatic rings. The van der Waals surface area contributed by atoms with Crippen LogP contribution in [0.15, 0.2) is 9.95 Å². The van der Waals surface area contributed by atoms with Crippen LogP contribution < -0.4 is 5.56 Å². The first-order valence-electron chi connectivity index (χ1n) is 10.3. The van der Waals surface area contributed by atoms with Gasteiger partial charge in [0.1, 0.15) is 4.83 Å². The minimum atomic E-state index is -0.339. The SMILES string of the molecule is COC(=O)CSc1nnc2n(C3CCCCC3)c3sc4c(c3c(=O)n12)CCCC4. The number of hydrogen-bond donors (Lipinski definition) is 0. The van der Waals surface area contributed by atoms with Crippen LogP contribution in [0.3, 0.4) is 0 Å². The zero-order chi connectivity index (χ0) is 20.0. The summed E-state index contributed by atoms with van der Waals surface area (Å²) in [4.78, 5) is 27.6. The van der Waals surface area contributed by atoms with E-state index in [0.717, 1.165) is 42.3 Å². The predicted molar refractivity (Wildman–Crippen MR) is 114 cm³/mol. The third-order valence-electron chi connectivity index (χ3n) is 6.11. The van der Waals surface area contributed by atoms with Crippen molar-refractivity contribution in [3.8, 4) is 0 Å². The third-order valence-corrected chi connectivity index (χ3v) is 8.30. The summed E-state index contributed by atoms with van der Waals surface area (Å²) in [5.41, 5.74) is 1.18. The van der Waals surface area contributed by atoms with Crippen molar-refractivity contribution >= 4 is 45.1 Å². The number of rotatable bonds is 4. The van der Waals surface area contributed by atoms with E-state index in [-0.39, 0.29) is 17.3 Å². The van der Waals surface area contributed by atoms with Crippen molar-refractivity contribution < 1.29 is 9.53 Å². The fourth-order valence-corrected chi connectivity index (χ4v) is 6.89. The van der Waals surface area contributed by atoms with Gasteiger partial charge < -0.3 is 4.74 Å². The van der Waals surface area contributed by atoms with E-state index in [1.165, 1.54) is 55.0 Å². The Morgan fingerprint density at radius 1 is 1.17 bits per heavy atom. The maximum absolute atomic E-state index is 13.6. The Bertz CT molecular complexity index is 1140. The van der Waals surface area contributed by atoms with Gasteiger partial charge in [-0.05, 0) is 44.1 Å². The number of fused-ring (bicyclic) bond motifs is 4. The van der Waals surface area contributed by atoms with E-state index in [1.807, 2.05) is 0 Å². The Morgan fingerprint density at radius 2 is 1.97 bits per heavy atom. The minimum absolute atomic E-state index is 0.0428. The number of thiophene rings is 1. The predicted octanol–water partition coefficient (Wildman–Crippen LogP) is 3.75. The second kappa shape index (κ2) is 7.75. The quantitative estimate of drug-likeness (QED) is 0.461. The Balaban J connectivity index is 1.76. The zero-order valence-electron chi connectivity index (χ0n) is 16.5. The molecule has 9 heteroatoms. The number of nitrogens with zero attached hydrogens (tertiary/aromatic N) is 4. The summed E-state index contributed by atoms with van der Waals surface area (Å²) in [5.74, 6) is 0.383. The summed E-state index contributed by atoms with van der Waals surface area (Å²) in [6.07, 6.45) is 10.2. The average Bonchev–Trinajstić information content (AvgIpc) is 3.35. The van der Waals surface area contributed by atoms with Crippen molar-refractivity contribution in [2.24, 2.45) is 0 Å². The Hall–Kier alpha value is -1.87. The van der Waals surface area contributed by atoms with E-state index in [0.29, 0.717) is 17.0 Å². The number of hydrogen-bond acceptors (Lipinski definition) is 7. The highest BCUT2D eigenvalue weighted by Gasteiger charge is 2.28. The fraction of sp³-hybridized carbons (Fsp3) is 0.600. The van der Waals surface area contributed by atoms with Gasteiger partial charge in [0.2, 0.25) is 5.78 Å².